The van der Waals surface area contributed by atoms with E-state index in [9.17, 15) is 9.90 Å². The molecule has 1 unspecified atom stereocenters. The normalized spacial score (nSPS) is 22.2. The molecule has 1 atom stereocenters. The number of aliphatic carboxylic acids is 1. The van der Waals surface area contributed by atoms with Crippen molar-refractivity contribution in [3.63, 3.8) is 0 Å². The van der Waals surface area contributed by atoms with Crippen LogP contribution in [0.25, 0.3) is 0 Å². The summed E-state index contributed by atoms with van der Waals surface area (Å²) in [4.78, 5) is 14.1. The zero-order valence-corrected chi connectivity index (χ0v) is 14.6. The molecular weight excluding hydrogens is 306 g/mol. The van der Waals surface area contributed by atoms with Crippen LogP contribution >= 0.6 is 0 Å². The van der Waals surface area contributed by atoms with Gasteiger partial charge in [-0.15, -0.1) is 0 Å². The summed E-state index contributed by atoms with van der Waals surface area (Å²) in [5.41, 5.74) is 2.16. The number of carboxylic acids is 1. The van der Waals surface area contributed by atoms with E-state index in [1.54, 1.807) is 7.11 Å². The number of hydrogen-bond donors (Lipinski definition) is 1. The van der Waals surface area contributed by atoms with Crippen molar-refractivity contribution in [3.05, 3.63) is 29.3 Å². The number of aryl methyl sites for hydroxylation is 1. The van der Waals surface area contributed by atoms with Gasteiger partial charge in [0.25, 0.3) is 0 Å². The van der Waals surface area contributed by atoms with Gasteiger partial charge in [0.05, 0.1) is 7.11 Å². The van der Waals surface area contributed by atoms with Gasteiger partial charge in [-0.3, -0.25) is 9.69 Å². The van der Waals surface area contributed by atoms with E-state index in [0.717, 1.165) is 63.1 Å². The predicted molar refractivity (Wildman–Crippen MR) is 91.4 cm³/mol. The average Bonchev–Trinajstić information content (AvgIpc) is 2.58. The van der Waals surface area contributed by atoms with E-state index >= 15 is 0 Å². The third-order valence-electron chi connectivity index (χ3n) is 5.69. The fraction of sp³-hybridized carbons (Fsp3) is 0.632. The molecule has 0 amide bonds. The molecule has 1 N–H and O–H groups in total. The van der Waals surface area contributed by atoms with Gasteiger partial charge in [0.15, 0.2) is 0 Å². The summed E-state index contributed by atoms with van der Waals surface area (Å²) in [6.45, 7) is 5.29. The molecule has 0 radical (unpaired) electrons. The SMILES string of the molecule is COc1ccc(C)cc1C(C(=O)O)N1CCC2(CCOCC2)CC1. The van der Waals surface area contributed by atoms with Gasteiger partial charge in [-0.25, -0.2) is 0 Å². The van der Waals surface area contributed by atoms with Crippen LogP contribution < -0.4 is 4.74 Å². The van der Waals surface area contributed by atoms with E-state index < -0.39 is 12.0 Å². The van der Waals surface area contributed by atoms with E-state index in [4.69, 9.17) is 9.47 Å². The first kappa shape index (κ1) is 17.2. The Morgan fingerprint density at radius 3 is 2.50 bits per heavy atom. The highest BCUT2D eigenvalue weighted by atomic mass is 16.5. The Kier molecular flexibility index (Phi) is 5.11. The molecule has 1 spiro atoms. The van der Waals surface area contributed by atoms with Gasteiger partial charge in [-0.2, -0.15) is 0 Å². The largest absolute Gasteiger partial charge is 0.496 e. The molecule has 2 saturated heterocycles. The smallest absolute Gasteiger partial charge is 0.325 e. The summed E-state index contributed by atoms with van der Waals surface area (Å²) in [6.07, 6.45) is 4.31. The lowest BCUT2D eigenvalue weighted by Crippen LogP contribution is -2.46. The minimum atomic E-state index is -0.804. The predicted octanol–water partition coefficient (Wildman–Crippen LogP) is 3.02. The number of methoxy groups -OCH3 is 1. The third kappa shape index (κ3) is 3.42. The molecule has 24 heavy (non-hydrogen) atoms. The second kappa shape index (κ2) is 7.11. The van der Waals surface area contributed by atoms with Crippen molar-refractivity contribution < 1.29 is 19.4 Å². The number of ether oxygens (including phenoxy) is 2. The Morgan fingerprint density at radius 1 is 1.25 bits per heavy atom. The number of hydrogen-bond acceptors (Lipinski definition) is 4. The quantitative estimate of drug-likeness (QED) is 0.918. The van der Waals surface area contributed by atoms with Crippen molar-refractivity contribution in [3.8, 4) is 5.75 Å². The lowest BCUT2D eigenvalue weighted by atomic mass is 9.72. The molecule has 2 aliphatic rings. The van der Waals surface area contributed by atoms with Gasteiger partial charge in [-0.1, -0.05) is 17.7 Å². The van der Waals surface area contributed by atoms with Gasteiger partial charge in [-0.05, 0) is 57.2 Å². The monoisotopic (exact) mass is 333 g/mol. The first-order valence-corrected chi connectivity index (χ1v) is 8.74. The molecule has 3 rings (SSSR count). The highest BCUT2D eigenvalue weighted by Gasteiger charge is 2.40. The van der Waals surface area contributed by atoms with Crippen LogP contribution in [0.5, 0.6) is 5.75 Å². The second-order valence-electron chi connectivity index (χ2n) is 7.13. The Hall–Kier alpha value is -1.59. The van der Waals surface area contributed by atoms with E-state index in [-0.39, 0.29) is 0 Å². The summed E-state index contributed by atoms with van der Waals surface area (Å²) in [6, 6.07) is 5.12. The maximum atomic E-state index is 12.0. The third-order valence-corrected chi connectivity index (χ3v) is 5.69. The Balaban J connectivity index is 1.80. The Morgan fingerprint density at radius 2 is 1.92 bits per heavy atom. The van der Waals surface area contributed by atoms with E-state index in [1.807, 2.05) is 25.1 Å². The molecule has 132 valence electrons. The minimum Gasteiger partial charge on any atom is -0.496 e. The van der Waals surface area contributed by atoms with Crippen molar-refractivity contribution in [2.75, 3.05) is 33.4 Å². The molecule has 0 aliphatic carbocycles. The van der Waals surface area contributed by atoms with Gasteiger partial charge in [0.2, 0.25) is 0 Å². The average molecular weight is 333 g/mol. The maximum absolute atomic E-state index is 12.0. The number of likely N-dealkylation sites (tertiary alicyclic amines) is 1. The minimum absolute atomic E-state index is 0.356. The van der Waals surface area contributed by atoms with Crippen LogP contribution in [-0.2, 0) is 9.53 Å². The highest BCUT2D eigenvalue weighted by Crippen LogP contribution is 2.43. The molecule has 0 bridgehead atoms. The number of rotatable bonds is 4. The van der Waals surface area contributed by atoms with Crippen LogP contribution in [0.15, 0.2) is 18.2 Å². The van der Waals surface area contributed by atoms with Crippen molar-refractivity contribution in [2.24, 2.45) is 5.41 Å². The number of piperidine rings is 1. The molecule has 1 aromatic carbocycles. The van der Waals surface area contributed by atoms with Crippen LogP contribution in [0.2, 0.25) is 0 Å². The van der Waals surface area contributed by atoms with E-state index in [1.165, 1.54) is 0 Å². The molecule has 0 aromatic heterocycles. The second-order valence-corrected chi connectivity index (χ2v) is 7.13. The lowest BCUT2D eigenvalue weighted by molar-refractivity contribution is -0.145. The zero-order valence-electron chi connectivity index (χ0n) is 14.6. The highest BCUT2D eigenvalue weighted by molar-refractivity contribution is 5.77. The van der Waals surface area contributed by atoms with Crippen molar-refractivity contribution in [1.29, 1.82) is 0 Å². The summed E-state index contributed by atoms with van der Waals surface area (Å²) >= 11 is 0. The van der Waals surface area contributed by atoms with E-state index in [2.05, 4.69) is 4.90 Å². The summed E-state index contributed by atoms with van der Waals surface area (Å²) in [5.74, 6) is -0.152. The summed E-state index contributed by atoms with van der Waals surface area (Å²) < 4.78 is 10.9. The number of nitrogens with zero attached hydrogens (tertiary/aromatic N) is 1. The zero-order chi connectivity index (χ0) is 17.2. The number of carboxylic acid groups (broad SMARTS) is 1. The van der Waals surface area contributed by atoms with Crippen LogP contribution in [0.1, 0.15) is 42.9 Å². The van der Waals surface area contributed by atoms with Gasteiger partial charge < -0.3 is 14.6 Å². The Bertz CT molecular complexity index is 585. The molecular formula is C19H27NO4. The first-order valence-electron chi connectivity index (χ1n) is 8.74. The molecule has 2 aliphatic heterocycles. The number of benzene rings is 1. The molecule has 2 fully saturated rings. The van der Waals surface area contributed by atoms with Crippen molar-refractivity contribution >= 4 is 5.97 Å². The van der Waals surface area contributed by atoms with Crippen molar-refractivity contribution in [1.82, 2.24) is 4.90 Å². The van der Waals surface area contributed by atoms with Gasteiger partial charge >= 0.3 is 5.97 Å². The lowest BCUT2D eigenvalue weighted by Gasteiger charge is -2.45. The molecule has 1 aromatic rings. The van der Waals surface area contributed by atoms with Crippen molar-refractivity contribution in [2.45, 2.75) is 38.6 Å². The fourth-order valence-corrected chi connectivity index (χ4v) is 4.11. The van der Waals surface area contributed by atoms with Crippen LogP contribution in [0, 0.1) is 12.3 Å². The van der Waals surface area contributed by atoms with Gasteiger partial charge in [0.1, 0.15) is 11.8 Å². The molecule has 2 heterocycles. The fourth-order valence-electron chi connectivity index (χ4n) is 4.11. The summed E-state index contributed by atoms with van der Waals surface area (Å²) in [5, 5.41) is 9.87. The summed E-state index contributed by atoms with van der Waals surface area (Å²) in [7, 11) is 1.60. The van der Waals surface area contributed by atoms with Crippen LogP contribution in [0.3, 0.4) is 0 Å². The topological polar surface area (TPSA) is 59.0 Å². The maximum Gasteiger partial charge on any atom is 0.325 e. The number of carbonyl (C=O) groups is 1. The standard InChI is InChI=1S/C19H27NO4/c1-14-3-4-16(23-2)15(13-14)17(18(21)22)20-9-5-19(6-10-20)7-11-24-12-8-19/h3-4,13,17H,5-12H2,1-2H3,(H,21,22). The van der Waals surface area contributed by atoms with E-state index in [0.29, 0.717) is 11.2 Å². The van der Waals surface area contributed by atoms with Crippen LogP contribution in [-0.4, -0.2) is 49.4 Å². The van der Waals surface area contributed by atoms with Gasteiger partial charge in [0, 0.05) is 18.8 Å². The Labute approximate surface area is 143 Å². The molecule has 5 heteroatoms. The van der Waals surface area contributed by atoms with Crippen LogP contribution in [0.4, 0.5) is 0 Å². The molecule has 5 nitrogen and oxygen atoms in total. The first-order chi connectivity index (χ1) is 11.5. The molecule has 0 saturated carbocycles.